The second kappa shape index (κ2) is 5.52. The lowest BCUT2D eigenvalue weighted by atomic mass is 10.1. The average molecular weight is 316 g/mol. The maximum Gasteiger partial charge on any atom is 0.199 e. The third-order valence-corrected chi connectivity index (χ3v) is 3.80. The van der Waals surface area contributed by atoms with E-state index in [4.69, 9.17) is 15.6 Å². The van der Waals surface area contributed by atoms with Gasteiger partial charge in [-0.15, -0.1) is 0 Å². The van der Waals surface area contributed by atoms with Crippen LogP contribution in [-0.2, 0) is 6.54 Å². The number of benzene rings is 2. The summed E-state index contributed by atoms with van der Waals surface area (Å²) in [5.41, 5.74) is 9.71. The second-order valence-electron chi connectivity index (χ2n) is 5.32. The quantitative estimate of drug-likeness (QED) is 0.622. The van der Waals surface area contributed by atoms with E-state index in [-0.39, 0.29) is 5.82 Å². The van der Waals surface area contributed by atoms with Crippen LogP contribution in [0.15, 0.2) is 53.2 Å². The van der Waals surface area contributed by atoms with Gasteiger partial charge >= 0.3 is 0 Å². The van der Waals surface area contributed by atoms with Crippen LogP contribution in [-0.4, -0.2) is 19.9 Å². The molecule has 24 heavy (non-hydrogen) atoms. The van der Waals surface area contributed by atoms with Gasteiger partial charge < -0.3 is 10.3 Å². The van der Waals surface area contributed by atoms with Gasteiger partial charge in [0.25, 0.3) is 0 Å². The Morgan fingerprint density at radius 1 is 1.08 bits per heavy atom. The molecule has 0 amide bonds. The van der Waals surface area contributed by atoms with Gasteiger partial charge in [-0.1, -0.05) is 24.3 Å². The molecule has 2 heterocycles. The third-order valence-electron chi connectivity index (χ3n) is 3.80. The summed E-state index contributed by atoms with van der Waals surface area (Å²) in [4.78, 5) is 4.61. The molecule has 0 aliphatic rings. The van der Waals surface area contributed by atoms with Gasteiger partial charge in [-0.3, -0.25) is 0 Å². The highest BCUT2D eigenvalue weighted by Crippen LogP contribution is 2.27. The molecule has 2 N–H and O–H groups in total. The van der Waals surface area contributed by atoms with Crippen LogP contribution in [0, 0.1) is 11.3 Å². The molecule has 2 aromatic heterocycles. The normalized spacial score (nSPS) is 10.8. The molecular weight excluding hydrogens is 304 g/mol. The number of rotatable bonds is 3. The van der Waals surface area contributed by atoms with E-state index in [1.54, 1.807) is 12.1 Å². The topological polar surface area (TPSA) is 107 Å². The smallest absolute Gasteiger partial charge is 0.199 e. The standard InChI is InChI=1S/C17H12N6O/c18-9-11-5-7-12(8-6-11)10-23-14-4-2-1-3-13(14)20-17(23)15-16(19)22-24-21-15/h1-8H,10H2,(H2,19,22). The molecule has 7 nitrogen and oxygen atoms in total. The predicted octanol–water partition coefficient (Wildman–Crippen LogP) is 2.59. The first-order chi connectivity index (χ1) is 11.8. The summed E-state index contributed by atoms with van der Waals surface area (Å²) in [6, 6.07) is 17.3. The van der Waals surface area contributed by atoms with E-state index in [9.17, 15) is 0 Å². The van der Waals surface area contributed by atoms with Crippen molar-refractivity contribution in [1.29, 1.82) is 5.26 Å². The summed E-state index contributed by atoms with van der Waals surface area (Å²) >= 11 is 0. The SMILES string of the molecule is N#Cc1ccc(Cn2c(-c3nonc3N)nc3ccccc32)cc1. The summed E-state index contributed by atoms with van der Waals surface area (Å²) in [6.45, 7) is 0.563. The second-order valence-corrected chi connectivity index (χ2v) is 5.32. The van der Waals surface area contributed by atoms with Crippen molar-refractivity contribution in [2.24, 2.45) is 0 Å². The van der Waals surface area contributed by atoms with Gasteiger partial charge in [0.15, 0.2) is 17.3 Å². The zero-order valence-corrected chi connectivity index (χ0v) is 12.5. The number of nitrogen functional groups attached to an aromatic ring is 1. The number of hydrogen-bond donors (Lipinski definition) is 1. The van der Waals surface area contributed by atoms with Crippen LogP contribution in [0.4, 0.5) is 5.82 Å². The van der Waals surface area contributed by atoms with Crippen molar-refractivity contribution in [2.45, 2.75) is 6.54 Å². The molecule has 0 saturated carbocycles. The maximum atomic E-state index is 8.92. The average Bonchev–Trinajstić information content (AvgIpc) is 3.19. The van der Waals surface area contributed by atoms with Crippen molar-refractivity contribution in [3.63, 3.8) is 0 Å². The fraction of sp³-hybridized carbons (Fsp3) is 0.0588. The van der Waals surface area contributed by atoms with Gasteiger partial charge in [-0.05, 0) is 40.1 Å². The summed E-state index contributed by atoms with van der Waals surface area (Å²) in [6.07, 6.45) is 0. The van der Waals surface area contributed by atoms with Crippen LogP contribution in [0.3, 0.4) is 0 Å². The van der Waals surface area contributed by atoms with E-state index in [0.29, 0.717) is 23.6 Å². The Balaban J connectivity index is 1.86. The van der Waals surface area contributed by atoms with Gasteiger partial charge in [0.05, 0.1) is 22.7 Å². The number of aromatic nitrogens is 4. The molecule has 7 heteroatoms. The first kappa shape index (κ1) is 14.0. The molecule has 4 rings (SSSR count). The molecular formula is C17H12N6O. The Labute approximate surface area is 136 Å². The van der Waals surface area contributed by atoms with Crippen LogP contribution in [0.2, 0.25) is 0 Å². The van der Waals surface area contributed by atoms with E-state index in [1.807, 2.05) is 41.0 Å². The van der Waals surface area contributed by atoms with Crippen molar-refractivity contribution < 1.29 is 4.63 Å². The minimum atomic E-state index is 0.200. The molecule has 0 radical (unpaired) electrons. The zero-order valence-electron chi connectivity index (χ0n) is 12.5. The molecule has 0 fully saturated rings. The van der Waals surface area contributed by atoms with Gasteiger partial charge in [0.1, 0.15) is 0 Å². The van der Waals surface area contributed by atoms with Crippen LogP contribution in [0.25, 0.3) is 22.6 Å². The van der Waals surface area contributed by atoms with Crippen LogP contribution in [0.5, 0.6) is 0 Å². The van der Waals surface area contributed by atoms with Crippen molar-refractivity contribution >= 4 is 16.9 Å². The molecule has 0 atom stereocenters. The van der Waals surface area contributed by atoms with E-state index in [1.165, 1.54) is 0 Å². The Bertz CT molecular complexity index is 1050. The van der Waals surface area contributed by atoms with Gasteiger partial charge in [0, 0.05) is 6.54 Å². The molecule has 0 spiro atoms. The molecule has 0 unspecified atom stereocenters. The molecule has 0 saturated heterocycles. The van der Waals surface area contributed by atoms with Crippen LogP contribution in [0.1, 0.15) is 11.1 Å². The number of anilines is 1. The summed E-state index contributed by atoms with van der Waals surface area (Å²) in [5, 5.41) is 16.4. The fourth-order valence-electron chi connectivity index (χ4n) is 2.63. The number of imidazole rings is 1. The largest absolute Gasteiger partial charge is 0.379 e. The Morgan fingerprint density at radius 2 is 1.88 bits per heavy atom. The maximum absolute atomic E-state index is 8.92. The highest BCUT2D eigenvalue weighted by Gasteiger charge is 2.19. The minimum Gasteiger partial charge on any atom is -0.379 e. The first-order valence-corrected chi connectivity index (χ1v) is 7.29. The lowest BCUT2D eigenvalue weighted by Crippen LogP contribution is -2.03. The Kier molecular flexibility index (Phi) is 3.21. The van der Waals surface area contributed by atoms with Crippen LogP contribution >= 0.6 is 0 Å². The van der Waals surface area contributed by atoms with E-state index in [2.05, 4.69) is 21.4 Å². The summed E-state index contributed by atoms with van der Waals surface area (Å²) in [5.74, 6) is 0.797. The number of nitrogens with two attached hydrogens (primary N) is 1. The van der Waals surface area contributed by atoms with E-state index in [0.717, 1.165) is 16.6 Å². The minimum absolute atomic E-state index is 0.200. The third kappa shape index (κ3) is 2.27. The van der Waals surface area contributed by atoms with Gasteiger partial charge in [-0.2, -0.15) is 5.26 Å². The number of nitriles is 1. The monoisotopic (exact) mass is 316 g/mol. The highest BCUT2D eigenvalue weighted by atomic mass is 16.6. The van der Waals surface area contributed by atoms with Crippen molar-refractivity contribution in [1.82, 2.24) is 19.9 Å². The van der Waals surface area contributed by atoms with Crippen molar-refractivity contribution in [3.05, 3.63) is 59.7 Å². The van der Waals surface area contributed by atoms with Gasteiger partial charge in [-0.25, -0.2) is 9.61 Å². The number of hydrogen-bond acceptors (Lipinski definition) is 6. The lowest BCUT2D eigenvalue weighted by Gasteiger charge is -2.08. The molecule has 0 aliphatic heterocycles. The molecule has 0 aliphatic carbocycles. The number of fused-ring (bicyclic) bond motifs is 1. The summed E-state index contributed by atoms with van der Waals surface area (Å²) < 4.78 is 6.72. The van der Waals surface area contributed by atoms with E-state index < -0.39 is 0 Å². The molecule has 2 aromatic carbocycles. The fourth-order valence-corrected chi connectivity index (χ4v) is 2.63. The van der Waals surface area contributed by atoms with Crippen LogP contribution < -0.4 is 5.73 Å². The van der Waals surface area contributed by atoms with Gasteiger partial charge in [0.2, 0.25) is 0 Å². The van der Waals surface area contributed by atoms with Crippen molar-refractivity contribution in [3.8, 4) is 17.6 Å². The number of nitrogens with zero attached hydrogens (tertiary/aromatic N) is 5. The molecule has 0 bridgehead atoms. The Morgan fingerprint density at radius 3 is 2.58 bits per heavy atom. The first-order valence-electron chi connectivity index (χ1n) is 7.29. The Hall–Kier alpha value is -3.66. The van der Waals surface area contributed by atoms with E-state index >= 15 is 0 Å². The lowest BCUT2D eigenvalue weighted by molar-refractivity contribution is 0.310. The molecule has 4 aromatic rings. The summed E-state index contributed by atoms with van der Waals surface area (Å²) in [7, 11) is 0. The predicted molar refractivity (Wildman–Crippen MR) is 87.7 cm³/mol. The highest BCUT2D eigenvalue weighted by molar-refractivity contribution is 5.81. The van der Waals surface area contributed by atoms with Crippen molar-refractivity contribution in [2.75, 3.05) is 5.73 Å². The molecule has 116 valence electrons. The number of para-hydroxylation sites is 2. The zero-order chi connectivity index (χ0) is 16.5.